The van der Waals surface area contributed by atoms with E-state index in [9.17, 15) is 35.1 Å². The number of alkyl halides is 8. The van der Waals surface area contributed by atoms with Gasteiger partial charge in [-0.2, -0.15) is 26.3 Å². The average molecular weight is 279 g/mol. The van der Waals surface area contributed by atoms with Gasteiger partial charge >= 0.3 is 12.4 Å². The van der Waals surface area contributed by atoms with Crippen molar-refractivity contribution in [2.75, 3.05) is 5.73 Å². The molecule has 2 N–H and O–H groups in total. The third-order valence-electron chi connectivity index (χ3n) is 2.07. The third-order valence-corrected chi connectivity index (χ3v) is 2.07. The van der Waals surface area contributed by atoms with Gasteiger partial charge < -0.3 is 5.73 Å². The van der Waals surface area contributed by atoms with Crippen molar-refractivity contribution in [1.29, 1.82) is 0 Å². The number of rotatable bonds is 1. The van der Waals surface area contributed by atoms with Crippen LogP contribution in [0.25, 0.3) is 0 Å². The smallest absolute Gasteiger partial charge is 0.398 e. The molecular formula is C9H5F8N. The number of nitrogens with two attached hydrogens (primary N) is 1. The monoisotopic (exact) mass is 279 g/mol. The SMILES string of the molecule is Nc1ccc(C(F)F)c(C(F)(F)F)c1C(F)(F)F. The van der Waals surface area contributed by atoms with E-state index in [0.717, 1.165) is 0 Å². The van der Waals surface area contributed by atoms with Crippen LogP contribution in [0.15, 0.2) is 12.1 Å². The topological polar surface area (TPSA) is 26.0 Å². The fraction of sp³-hybridized carbons (Fsp3) is 0.333. The summed E-state index contributed by atoms with van der Waals surface area (Å²) in [7, 11) is 0. The normalized spacial score (nSPS) is 13.2. The summed E-state index contributed by atoms with van der Waals surface area (Å²) in [4.78, 5) is 0. The standard InChI is InChI=1S/C9H5F8N/c10-7(11)3-1-2-4(18)6(9(15,16)17)5(3)8(12,13)14/h1-2,7H,18H2. The summed E-state index contributed by atoms with van der Waals surface area (Å²) in [5.74, 6) is 0. The molecule has 1 rings (SSSR count). The van der Waals surface area contributed by atoms with Crippen LogP contribution in [0.5, 0.6) is 0 Å². The van der Waals surface area contributed by atoms with Crippen molar-refractivity contribution in [1.82, 2.24) is 0 Å². The zero-order chi connectivity index (χ0) is 14.3. The van der Waals surface area contributed by atoms with Crippen LogP contribution >= 0.6 is 0 Å². The molecule has 0 unspecified atom stereocenters. The van der Waals surface area contributed by atoms with Crippen molar-refractivity contribution in [2.45, 2.75) is 18.8 Å². The van der Waals surface area contributed by atoms with Crippen molar-refractivity contribution in [3.05, 3.63) is 28.8 Å². The Balaban J connectivity index is 3.73. The van der Waals surface area contributed by atoms with Crippen LogP contribution in [0.2, 0.25) is 0 Å². The Morgan fingerprint density at radius 2 is 1.28 bits per heavy atom. The lowest BCUT2D eigenvalue weighted by molar-refractivity contribution is -0.162. The quantitative estimate of drug-likeness (QED) is 0.603. The first-order chi connectivity index (χ1) is 7.96. The van der Waals surface area contributed by atoms with Gasteiger partial charge in [0.15, 0.2) is 0 Å². The highest BCUT2D eigenvalue weighted by Crippen LogP contribution is 2.46. The summed E-state index contributed by atoms with van der Waals surface area (Å²) in [6.07, 6.45) is -14.7. The Morgan fingerprint density at radius 3 is 1.61 bits per heavy atom. The second-order valence-electron chi connectivity index (χ2n) is 3.29. The summed E-state index contributed by atoms with van der Waals surface area (Å²) in [5.41, 5.74) is -2.91. The largest absolute Gasteiger partial charge is 0.418 e. The van der Waals surface area contributed by atoms with E-state index in [1.165, 1.54) is 0 Å². The van der Waals surface area contributed by atoms with Crippen LogP contribution in [-0.2, 0) is 12.4 Å². The van der Waals surface area contributed by atoms with Gasteiger partial charge in [-0.25, -0.2) is 8.78 Å². The second-order valence-corrected chi connectivity index (χ2v) is 3.29. The molecule has 0 aromatic heterocycles. The Morgan fingerprint density at radius 1 is 0.833 bits per heavy atom. The van der Waals surface area contributed by atoms with Crippen LogP contribution in [0.4, 0.5) is 40.8 Å². The highest BCUT2D eigenvalue weighted by Gasteiger charge is 2.47. The summed E-state index contributed by atoms with van der Waals surface area (Å²) >= 11 is 0. The highest BCUT2D eigenvalue weighted by molar-refractivity contribution is 5.57. The molecule has 0 saturated carbocycles. The van der Waals surface area contributed by atoms with Crippen molar-refractivity contribution in [3.8, 4) is 0 Å². The number of benzene rings is 1. The number of anilines is 1. The van der Waals surface area contributed by atoms with E-state index in [0.29, 0.717) is 6.07 Å². The molecule has 0 amide bonds. The molecular weight excluding hydrogens is 274 g/mol. The highest BCUT2D eigenvalue weighted by atomic mass is 19.4. The molecule has 0 saturated heterocycles. The molecule has 9 heteroatoms. The molecule has 18 heavy (non-hydrogen) atoms. The molecule has 0 aliphatic carbocycles. The van der Waals surface area contributed by atoms with E-state index < -0.39 is 41.2 Å². The number of nitrogen functional groups attached to an aromatic ring is 1. The molecule has 102 valence electrons. The first kappa shape index (κ1) is 14.5. The first-order valence-corrected chi connectivity index (χ1v) is 4.31. The maximum Gasteiger partial charge on any atom is 0.418 e. The predicted octanol–water partition coefficient (Wildman–Crippen LogP) is 4.24. The van der Waals surface area contributed by atoms with Crippen LogP contribution in [-0.4, -0.2) is 0 Å². The molecule has 0 atom stereocenters. The fourth-order valence-electron chi connectivity index (χ4n) is 1.43. The summed E-state index contributed by atoms with van der Waals surface area (Å²) < 4.78 is 99.5. The minimum atomic E-state index is -5.58. The molecule has 0 heterocycles. The molecule has 0 radical (unpaired) electrons. The van der Waals surface area contributed by atoms with Gasteiger partial charge in [-0.3, -0.25) is 0 Å². The van der Waals surface area contributed by atoms with Crippen LogP contribution < -0.4 is 5.73 Å². The van der Waals surface area contributed by atoms with E-state index in [1.807, 2.05) is 0 Å². The summed E-state index contributed by atoms with van der Waals surface area (Å²) in [5, 5.41) is 0. The van der Waals surface area contributed by atoms with Gasteiger partial charge in [-0.1, -0.05) is 6.07 Å². The van der Waals surface area contributed by atoms with Gasteiger partial charge in [0.25, 0.3) is 6.43 Å². The van der Waals surface area contributed by atoms with E-state index >= 15 is 0 Å². The lowest BCUT2D eigenvalue weighted by atomic mass is 9.98. The average Bonchev–Trinajstić information content (AvgIpc) is 2.13. The number of halogens is 8. The maximum atomic E-state index is 12.5. The first-order valence-electron chi connectivity index (χ1n) is 4.31. The Hall–Kier alpha value is -1.54. The number of hydrogen-bond acceptors (Lipinski definition) is 1. The van der Waals surface area contributed by atoms with E-state index in [1.54, 1.807) is 0 Å². The Bertz CT molecular complexity index is 445. The van der Waals surface area contributed by atoms with Gasteiger partial charge in [0.2, 0.25) is 0 Å². The minimum Gasteiger partial charge on any atom is -0.398 e. The van der Waals surface area contributed by atoms with E-state index in [-0.39, 0.29) is 6.07 Å². The lowest BCUT2D eigenvalue weighted by Crippen LogP contribution is -2.21. The van der Waals surface area contributed by atoms with Crippen molar-refractivity contribution < 1.29 is 35.1 Å². The molecule has 0 spiro atoms. The van der Waals surface area contributed by atoms with Gasteiger partial charge in [0.05, 0.1) is 11.1 Å². The zero-order valence-electron chi connectivity index (χ0n) is 8.33. The van der Waals surface area contributed by atoms with Crippen LogP contribution in [0.3, 0.4) is 0 Å². The molecule has 0 bridgehead atoms. The molecule has 1 aromatic carbocycles. The van der Waals surface area contributed by atoms with E-state index in [2.05, 4.69) is 0 Å². The summed E-state index contributed by atoms with van der Waals surface area (Å²) in [6.45, 7) is 0. The zero-order valence-corrected chi connectivity index (χ0v) is 8.33. The molecule has 0 aliphatic rings. The molecule has 1 aromatic rings. The van der Waals surface area contributed by atoms with Crippen molar-refractivity contribution >= 4 is 5.69 Å². The molecule has 1 nitrogen and oxygen atoms in total. The predicted molar refractivity (Wildman–Crippen MR) is 45.8 cm³/mol. The van der Waals surface area contributed by atoms with Crippen LogP contribution in [0, 0.1) is 0 Å². The fourth-order valence-corrected chi connectivity index (χ4v) is 1.43. The Kier molecular flexibility index (Phi) is 3.46. The van der Waals surface area contributed by atoms with Crippen molar-refractivity contribution in [3.63, 3.8) is 0 Å². The third kappa shape index (κ3) is 2.65. The van der Waals surface area contributed by atoms with Gasteiger partial charge in [-0.15, -0.1) is 0 Å². The van der Waals surface area contributed by atoms with Gasteiger partial charge in [-0.05, 0) is 6.07 Å². The van der Waals surface area contributed by atoms with E-state index in [4.69, 9.17) is 5.73 Å². The minimum absolute atomic E-state index is 0.234. The van der Waals surface area contributed by atoms with Gasteiger partial charge in [0, 0.05) is 11.3 Å². The van der Waals surface area contributed by atoms with Gasteiger partial charge in [0.1, 0.15) is 0 Å². The van der Waals surface area contributed by atoms with Crippen molar-refractivity contribution in [2.24, 2.45) is 0 Å². The lowest BCUT2D eigenvalue weighted by Gasteiger charge is -2.20. The number of hydrogen-bond donors (Lipinski definition) is 1. The molecule has 0 aliphatic heterocycles. The van der Waals surface area contributed by atoms with Crippen LogP contribution in [0.1, 0.15) is 23.1 Å². The Labute approximate surface area is 95.2 Å². The second kappa shape index (κ2) is 4.29. The maximum absolute atomic E-state index is 12.5. The molecule has 0 fully saturated rings. The summed E-state index contributed by atoms with van der Waals surface area (Å²) in [6, 6.07) is 0.609.